The quantitative estimate of drug-likeness (QED) is 0.575. The summed E-state index contributed by atoms with van der Waals surface area (Å²) < 4.78 is 5.44. The molecule has 0 radical (unpaired) electrons. The minimum Gasteiger partial charge on any atom is -0.373 e. The minimum absolute atomic E-state index is 0.138. The molecule has 0 saturated carbocycles. The molecular weight excluding hydrogens is 284 g/mol. The lowest BCUT2D eigenvalue weighted by atomic mass is 9.91. The SMILES string of the molecule is CC(c1ccccc1)C1OCC(O[N+](=O)[O-])C1O[N+](=O)[O-]. The van der Waals surface area contributed by atoms with Gasteiger partial charge in [0.2, 0.25) is 0 Å². The first-order valence-electron chi connectivity index (χ1n) is 6.28. The van der Waals surface area contributed by atoms with Gasteiger partial charge in [-0.1, -0.05) is 37.3 Å². The van der Waals surface area contributed by atoms with Gasteiger partial charge in [-0.15, -0.1) is 20.2 Å². The summed E-state index contributed by atoms with van der Waals surface area (Å²) in [6, 6.07) is 9.19. The second-order valence-corrected chi connectivity index (χ2v) is 4.66. The first kappa shape index (κ1) is 15.0. The average Bonchev–Trinajstić information content (AvgIpc) is 2.80. The van der Waals surface area contributed by atoms with Gasteiger partial charge in [0, 0.05) is 5.92 Å². The van der Waals surface area contributed by atoms with Crippen LogP contribution in [0.3, 0.4) is 0 Å². The van der Waals surface area contributed by atoms with Gasteiger partial charge in [0.25, 0.3) is 10.2 Å². The van der Waals surface area contributed by atoms with Crippen molar-refractivity contribution >= 4 is 0 Å². The van der Waals surface area contributed by atoms with Crippen LogP contribution in [0.1, 0.15) is 18.4 Å². The Morgan fingerprint density at radius 2 is 1.81 bits per heavy atom. The van der Waals surface area contributed by atoms with Crippen LogP contribution in [0.4, 0.5) is 0 Å². The maximum Gasteiger partial charge on any atom is 0.294 e. The van der Waals surface area contributed by atoms with Gasteiger partial charge in [-0.25, -0.2) is 0 Å². The van der Waals surface area contributed by atoms with Crippen LogP contribution in [0.2, 0.25) is 0 Å². The average molecular weight is 298 g/mol. The van der Waals surface area contributed by atoms with E-state index < -0.39 is 28.5 Å². The number of benzene rings is 1. The lowest BCUT2D eigenvalue weighted by Crippen LogP contribution is -2.40. The number of nitrogens with zero attached hydrogens (tertiary/aromatic N) is 2. The molecule has 0 spiro atoms. The lowest BCUT2D eigenvalue weighted by molar-refractivity contribution is -0.797. The molecule has 1 aromatic carbocycles. The zero-order valence-electron chi connectivity index (χ0n) is 11.2. The van der Waals surface area contributed by atoms with E-state index in [1.807, 2.05) is 37.3 Å². The molecule has 0 bridgehead atoms. The second kappa shape index (κ2) is 6.35. The number of hydrogen-bond acceptors (Lipinski definition) is 7. The first-order valence-corrected chi connectivity index (χ1v) is 6.28. The topological polar surface area (TPSA) is 114 Å². The van der Waals surface area contributed by atoms with Crippen molar-refractivity contribution < 1.29 is 24.6 Å². The monoisotopic (exact) mass is 298 g/mol. The van der Waals surface area contributed by atoms with E-state index in [9.17, 15) is 20.2 Å². The molecule has 1 aromatic rings. The van der Waals surface area contributed by atoms with Crippen molar-refractivity contribution in [3.63, 3.8) is 0 Å². The smallest absolute Gasteiger partial charge is 0.294 e. The second-order valence-electron chi connectivity index (χ2n) is 4.66. The van der Waals surface area contributed by atoms with E-state index in [-0.39, 0.29) is 12.5 Å². The van der Waals surface area contributed by atoms with Gasteiger partial charge in [-0.2, -0.15) is 0 Å². The fourth-order valence-electron chi connectivity index (χ4n) is 2.41. The molecule has 0 amide bonds. The molecule has 9 heteroatoms. The Balaban J connectivity index is 2.17. The summed E-state index contributed by atoms with van der Waals surface area (Å²) >= 11 is 0. The van der Waals surface area contributed by atoms with Crippen LogP contribution in [0.25, 0.3) is 0 Å². The fraction of sp³-hybridized carbons (Fsp3) is 0.500. The maximum atomic E-state index is 10.6. The van der Waals surface area contributed by atoms with Gasteiger partial charge in [-0.3, -0.25) is 0 Å². The van der Waals surface area contributed by atoms with Crippen molar-refractivity contribution in [1.29, 1.82) is 0 Å². The molecule has 1 aliphatic heterocycles. The highest BCUT2D eigenvalue weighted by atomic mass is 17.0. The first-order chi connectivity index (χ1) is 9.99. The van der Waals surface area contributed by atoms with Crippen molar-refractivity contribution in [2.24, 2.45) is 0 Å². The summed E-state index contributed by atoms with van der Waals surface area (Å²) in [5, 5.41) is 19.0. The summed E-state index contributed by atoms with van der Waals surface area (Å²) in [6.45, 7) is 1.67. The van der Waals surface area contributed by atoms with E-state index >= 15 is 0 Å². The molecule has 9 nitrogen and oxygen atoms in total. The van der Waals surface area contributed by atoms with Gasteiger partial charge in [0.15, 0.2) is 12.2 Å². The van der Waals surface area contributed by atoms with E-state index in [2.05, 4.69) is 9.68 Å². The Labute approximate surface area is 119 Å². The van der Waals surface area contributed by atoms with E-state index in [1.54, 1.807) is 0 Å². The van der Waals surface area contributed by atoms with Gasteiger partial charge in [0.05, 0.1) is 12.7 Å². The summed E-state index contributed by atoms with van der Waals surface area (Å²) in [7, 11) is 0. The number of hydrogen-bond donors (Lipinski definition) is 0. The van der Waals surface area contributed by atoms with Crippen LogP contribution >= 0.6 is 0 Å². The van der Waals surface area contributed by atoms with Crippen molar-refractivity contribution in [2.75, 3.05) is 6.61 Å². The molecular formula is C12H14N2O7. The van der Waals surface area contributed by atoms with Crippen LogP contribution < -0.4 is 0 Å². The Morgan fingerprint density at radius 3 is 2.38 bits per heavy atom. The highest BCUT2D eigenvalue weighted by Gasteiger charge is 2.45. The van der Waals surface area contributed by atoms with E-state index in [1.165, 1.54) is 0 Å². The van der Waals surface area contributed by atoms with Gasteiger partial charge in [0.1, 0.15) is 0 Å². The molecule has 1 aliphatic rings. The van der Waals surface area contributed by atoms with E-state index in [4.69, 9.17) is 4.74 Å². The third kappa shape index (κ3) is 3.57. The third-order valence-corrected chi connectivity index (χ3v) is 3.39. The predicted molar refractivity (Wildman–Crippen MR) is 68.3 cm³/mol. The largest absolute Gasteiger partial charge is 0.373 e. The van der Waals surface area contributed by atoms with Gasteiger partial charge in [-0.05, 0) is 5.56 Å². The van der Waals surface area contributed by atoms with Crippen LogP contribution in [0, 0.1) is 20.2 Å². The van der Waals surface area contributed by atoms with Crippen molar-refractivity contribution in [1.82, 2.24) is 0 Å². The summed E-state index contributed by atoms with van der Waals surface area (Å²) in [5.41, 5.74) is 0.890. The van der Waals surface area contributed by atoms with Crippen LogP contribution in [-0.2, 0) is 14.4 Å². The molecule has 21 heavy (non-hydrogen) atoms. The van der Waals surface area contributed by atoms with Crippen molar-refractivity contribution in [2.45, 2.75) is 31.2 Å². The zero-order chi connectivity index (χ0) is 15.4. The van der Waals surface area contributed by atoms with Crippen LogP contribution in [-0.4, -0.2) is 35.1 Å². The fourth-order valence-corrected chi connectivity index (χ4v) is 2.41. The van der Waals surface area contributed by atoms with Gasteiger partial charge >= 0.3 is 0 Å². The normalized spacial score (nSPS) is 26.0. The van der Waals surface area contributed by atoms with Crippen LogP contribution in [0.15, 0.2) is 30.3 Å². The van der Waals surface area contributed by atoms with Crippen LogP contribution in [0.5, 0.6) is 0 Å². The van der Waals surface area contributed by atoms with E-state index in [0.29, 0.717) is 0 Å². The van der Waals surface area contributed by atoms with Gasteiger partial charge < -0.3 is 14.4 Å². The maximum absolute atomic E-state index is 10.6. The molecule has 2 rings (SSSR count). The standard InChI is InChI=1S/C12H14N2O7/c1-8(9-5-3-2-4-6-9)11-12(21-14(17)18)10(7-19-11)20-13(15)16/h2-6,8,10-12H,7H2,1H3. The molecule has 0 N–H and O–H groups in total. The van der Waals surface area contributed by atoms with Crippen molar-refractivity contribution in [3.05, 3.63) is 56.1 Å². The van der Waals surface area contributed by atoms with E-state index in [0.717, 1.165) is 5.56 Å². The number of ether oxygens (including phenoxy) is 1. The summed E-state index contributed by atoms with van der Waals surface area (Å²) in [5.74, 6) is -0.239. The Kier molecular flexibility index (Phi) is 4.53. The predicted octanol–water partition coefficient (Wildman–Crippen LogP) is 1.34. The minimum atomic E-state index is -1.15. The molecule has 114 valence electrons. The Bertz CT molecular complexity index is 510. The Hall–Kier alpha value is -2.42. The molecule has 1 fully saturated rings. The highest BCUT2D eigenvalue weighted by Crippen LogP contribution is 2.32. The number of rotatable bonds is 6. The molecule has 1 saturated heterocycles. The van der Waals surface area contributed by atoms with Crippen molar-refractivity contribution in [3.8, 4) is 0 Å². The molecule has 0 aliphatic carbocycles. The molecule has 4 unspecified atom stereocenters. The molecule has 4 atom stereocenters. The third-order valence-electron chi connectivity index (χ3n) is 3.39. The Morgan fingerprint density at radius 1 is 1.19 bits per heavy atom. The highest BCUT2D eigenvalue weighted by molar-refractivity contribution is 5.21. The summed E-state index contributed by atoms with van der Waals surface area (Å²) in [4.78, 5) is 30.0. The zero-order valence-corrected chi connectivity index (χ0v) is 11.2. The lowest BCUT2D eigenvalue weighted by Gasteiger charge is -2.25. The molecule has 0 aromatic heterocycles. The summed E-state index contributed by atoms with van der Waals surface area (Å²) in [6.07, 6.45) is -2.98. The molecule has 1 heterocycles.